The minimum atomic E-state index is -0.0586. The van der Waals surface area contributed by atoms with Gasteiger partial charge < -0.3 is 4.90 Å². The number of halogens is 1. The molecule has 2 atom stereocenters. The van der Waals surface area contributed by atoms with Crippen molar-refractivity contribution in [2.24, 2.45) is 11.8 Å². The van der Waals surface area contributed by atoms with Crippen LogP contribution in [0.15, 0.2) is 30.5 Å². The molecule has 2 aromatic rings. The smallest absolute Gasteiger partial charge is 0.276 e. The van der Waals surface area contributed by atoms with Crippen molar-refractivity contribution in [2.45, 2.75) is 20.3 Å². The zero-order valence-electron chi connectivity index (χ0n) is 12.7. The number of para-hydroxylation sites is 1. The lowest BCUT2D eigenvalue weighted by Crippen LogP contribution is -2.42. The Hall–Kier alpha value is -1.88. The normalized spacial score (nSPS) is 21.9. The first-order valence-corrected chi connectivity index (χ1v) is 7.89. The second-order valence-electron chi connectivity index (χ2n) is 6.16. The number of carbonyl (C=O) groups is 1. The molecule has 1 aromatic heterocycles. The molecule has 22 heavy (non-hydrogen) atoms. The Labute approximate surface area is 134 Å². The van der Waals surface area contributed by atoms with Gasteiger partial charge in [0.2, 0.25) is 0 Å². The van der Waals surface area contributed by atoms with Gasteiger partial charge >= 0.3 is 0 Å². The summed E-state index contributed by atoms with van der Waals surface area (Å²) >= 11 is 6.15. The molecule has 1 aliphatic rings. The van der Waals surface area contributed by atoms with Gasteiger partial charge in [-0.3, -0.25) is 4.79 Å². The molecule has 1 fully saturated rings. The fourth-order valence-electron chi connectivity index (χ4n) is 3.11. The summed E-state index contributed by atoms with van der Waals surface area (Å²) in [6.45, 7) is 5.91. The maximum Gasteiger partial charge on any atom is 0.276 e. The monoisotopic (exact) mass is 318 g/mol. The SMILES string of the molecule is CC1CC(C)CN(C(=O)c2cn(-c3ccccc3Cl)nn2)C1. The van der Waals surface area contributed by atoms with Crippen molar-refractivity contribution in [3.8, 4) is 5.69 Å². The van der Waals surface area contributed by atoms with Crippen LogP contribution in [-0.4, -0.2) is 38.9 Å². The molecule has 0 bridgehead atoms. The highest BCUT2D eigenvalue weighted by molar-refractivity contribution is 6.32. The Morgan fingerprint density at radius 1 is 1.23 bits per heavy atom. The van der Waals surface area contributed by atoms with Crippen LogP contribution in [0.1, 0.15) is 30.8 Å². The summed E-state index contributed by atoms with van der Waals surface area (Å²) in [5.74, 6) is 0.981. The number of hydrogen-bond acceptors (Lipinski definition) is 3. The highest BCUT2D eigenvalue weighted by Gasteiger charge is 2.27. The molecule has 0 saturated carbocycles. The topological polar surface area (TPSA) is 51.0 Å². The van der Waals surface area contributed by atoms with E-state index in [1.165, 1.54) is 0 Å². The summed E-state index contributed by atoms with van der Waals surface area (Å²) in [5.41, 5.74) is 1.08. The van der Waals surface area contributed by atoms with Gasteiger partial charge in [-0.15, -0.1) is 5.10 Å². The van der Waals surface area contributed by atoms with Crippen LogP contribution in [0.5, 0.6) is 0 Å². The highest BCUT2D eigenvalue weighted by Crippen LogP contribution is 2.23. The van der Waals surface area contributed by atoms with Crippen molar-refractivity contribution in [3.05, 3.63) is 41.2 Å². The third kappa shape index (κ3) is 2.99. The van der Waals surface area contributed by atoms with E-state index in [0.29, 0.717) is 22.6 Å². The van der Waals surface area contributed by atoms with E-state index in [-0.39, 0.29) is 5.91 Å². The van der Waals surface area contributed by atoms with E-state index in [4.69, 9.17) is 11.6 Å². The lowest BCUT2D eigenvalue weighted by Gasteiger charge is -2.34. The maximum absolute atomic E-state index is 12.6. The van der Waals surface area contributed by atoms with Gasteiger partial charge in [0.1, 0.15) is 0 Å². The van der Waals surface area contributed by atoms with E-state index in [1.807, 2.05) is 23.1 Å². The van der Waals surface area contributed by atoms with Gasteiger partial charge in [-0.25, -0.2) is 4.68 Å². The molecule has 0 aliphatic carbocycles. The Bertz CT molecular complexity index is 674. The molecule has 5 nitrogen and oxygen atoms in total. The maximum atomic E-state index is 12.6. The highest BCUT2D eigenvalue weighted by atomic mass is 35.5. The van der Waals surface area contributed by atoms with Gasteiger partial charge in [-0.1, -0.05) is 42.8 Å². The van der Waals surface area contributed by atoms with Crippen LogP contribution >= 0.6 is 11.6 Å². The first kappa shape index (κ1) is 15.0. The number of rotatable bonds is 2. The number of piperidine rings is 1. The number of nitrogens with zero attached hydrogens (tertiary/aromatic N) is 4. The zero-order chi connectivity index (χ0) is 15.7. The van der Waals surface area contributed by atoms with E-state index < -0.39 is 0 Å². The van der Waals surface area contributed by atoms with Crippen LogP contribution in [0.2, 0.25) is 5.02 Å². The average Bonchev–Trinajstić information content (AvgIpc) is 2.95. The van der Waals surface area contributed by atoms with Crippen molar-refractivity contribution in [1.82, 2.24) is 19.9 Å². The van der Waals surface area contributed by atoms with Gasteiger partial charge in [0.05, 0.1) is 16.9 Å². The summed E-state index contributed by atoms with van der Waals surface area (Å²) in [6.07, 6.45) is 2.81. The molecule has 1 saturated heterocycles. The van der Waals surface area contributed by atoms with Crippen molar-refractivity contribution < 1.29 is 4.79 Å². The van der Waals surface area contributed by atoms with E-state index in [0.717, 1.165) is 25.2 Å². The van der Waals surface area contributed by atoms with Gasteiger partial charge in [-0.2, -0.15) is 0 Å². The second-order valence-corrected chi connectivity index (χ2v) is 6.56. The Kier molecular flexibility index (Phi) is 4.16. The summed E-state index contributed by atoms with van der Waals surface area (Å²) < 4.78 is 1.55. The Morgan fingerprint density at radius 3 is 2.59 bits per heavy atom. The van der Waals surface area contributed by atoms with Crippen molar-refractivity contribution in [1.29, 1.82) is 0 Å². The lowest BCUT2D eigenvalue weighted by molar-refractivity contribution is 0.0617. The fraction of sp³-hybridized carbons (Fsp3) is 0.438. The predicted octanol–water partition coefficient (Wildman–Crippen LogP) is 3.04. The molecule has 6 heteroatoms. The number of likely N-dealkylation sites (tertiary alicyclic amines) is 1. The molecular formula is C16H19ClN4O. The quantitative estimate of drug-likeness (QED) is 0.855. The number of aromatic nitrogens is 3. The molecule has 2 unspecified atom stereocenters. The lowest BCUT2D eigenvalue weighted by atomic mass is 9.92. The molecule has 0 spiro atoms. The van der Waals surface area contributed by atoms with E-state index >= 15 is 0 Å². The summed E-state index contributed by atoms with van der Waals surface area (Å²) in [4.78, 5) is 14.5. The van der Waals surface area contributed by atoms with Crippen molar-refractivity contribution >= 4 is 17.5 Å². The number of benzene rings is 1. The second kappa shape index (κ2) is 6.08. The first-order valence-electron chi connectivity index (χ1n) is 7.51. The third-order valence-corrected chi connectivity index (χ3v) is 4.29. The molecule has 1 aromatic carbocycles. The summed E-state index contributed by atoms with van der Waals surface area (Å²) in [5, 5.41) is 8.63. The minimum absolute atomic E-state index is 0.0586. The largest absolute Gasteiger partial charge is 0.337 e. The molecule has 1 aliphatic heterocycles. The molecule has 0 radical (unpaired) electrons. The predicted molar refractivity (Wildman–Crippen MR) is 85.2 cm³/mol. The summed E-state index contributed by atoms with van der Waals surface area (Å²) in [7, 11) is 0. The van der Waals surface area contributed by atoms with Gasteiger partial charge in [-0.05, 0) is 30.4 Å². The van der Waals surface area contributed by atoms with Gasteiger partial charge in [0.15, 0.2) is 5.69 Å². The standard InChI is InChI=1S/C16H19ClN4O/c1-11-7-12(2)9-20(8-11)16(22)14-10-21(19-18-14)15-6-4-3-5-13(15)17/h3-6,10-12H,7-9H2,1-2H3. The number of hydrogen-bond donors (Lipinski definition) is 0. The van der Waals surface area contributed by atoms with Crippen LogP contribution < -0.4 is 0 Å². The molecular weight excluding hydrogens is 300 g/mol. The number of amides is 1. The average molecular weight is 319 g/mol. The van der Waals surface area contributed by atoms with E-state index in [1.54, 1.807) is 16.9 Å². The minimum Gasteiger partial charge on any atom is -0.337 e. The fourth-order valence-corrected chi connectivity index (χ4v) is 3.33. The van der Waals surface area contributed by atoms with E-state index in [2.05, 4.69) is 24.2 Å². The van der Waals surface area contributed by atoms with Crippen LogP contribution in [0.3, 0.4) is 0 Å². The van der Waals surface area contributed by atoms with Crippen molar-refractivity contribution in [2.75, 3.05) is 13.1 Å². The van der Waals surface area contributed by atoms with Crippen molar-refractivity contribution in [3.63, 3.8) is 0 Å². The van der Waals surface area contributed by atoms with Crippen LogP contribution in [0, 0.1) is 11.8 Å². The Morgan fingerprint density at radius 2 is 1.91 bits per heavy atom. The zero-order valence-corrected chi connectivity index (χ0v) is 13.5. The molecule has 1 amide bonds. The molecule has 0 N–H and O–H groups in total. The molecule has 116 valence electrons. The van der Waals surface area contributed by atoms with Gasteiger partial charge in [0, 0.05) is 13.1 Å². The Balaban J connectivity index is 1.82. The van der Waals surface area contributed by atoms with Crippen LogP contribution in [0.4, 0.5) is 0 Å². The summed E-state index contributed by atoms with van der Waals surface area (Å²) in [6, 6.07) is 7.36. The van der Waals surface area contributed by atoms with Crippen LogP contribution in [-0.2, 0) is 0 Å². The third-order valence-electron chi connectivity index (χ3n) is 3.97. The number of carbonyl (C=O) groups excluding carboxylic acids is 1. The first-order chi connectivity index (χ1) is 10.5. The van der Waals surface area contributed by atoms with E-state index in [9.17, 15) is 4.79 Å². The van der Waals surface area contributed by atoms with Crippen LogP contribution in [0.25, 0.3) is 5.69 Å². The molecule has 2 heterocycles. The molecule has 3 rings (SSSR count). The van der Waals surface area contributed by atoms with Gasteiger partial charge in [0.25, 0.3) is 5.91 Å².